The largest absolute Gasteiger partial charge is 0.464 e. The number of hydrogen-bond acceptors (Lipinski definition) is 5. The summed E-state index contributed by atoms with van der Waals surface area (Å²) in [6.07, 6.45) is 4.13. The SMILES string of the molecule is COC(=O)c1nn(CCc2ccnn2C)cc1N. The molecular weight excluding hydrogens is 234 g/mol. The van der Waals surface area contributed by atoms with E-state index in [1.807, 2.05) is 13.1 Å². The molecule has 0 aliphatic carbocycles. The van der Waals surface area contributed by atoms with Crippen LogP contribution in [0.2, 0.25) is 0 Å². The van der Waals surface area contributed by atoms with Gasteiger partial charge < -0.3 is 10.5 Å². The van der Waals surface area contributed by atoms with Crippen molar-refractivity contribution in [2.45, 2.75) is 13.0 Å². The molecule has 96 valence electrons. The van der Waals surface area contributed by atoms with E-state index in [2.05, 4.69) is 14.9 Å². The second kappa shape index (κ2) is 4.91. The number of nitrogens with zero attached hydrogens (tertiary/aromatic N) is 4. The zero-order valence-electron chi connectivity index (χ0n) is 10.3. The second-order valence-corrected chi connectivity index (χ2v) is 3.88. The minimum absolute atomic E-state index is 0.155. The number of aryl methyl sites for hydroxylation is 3. The molecule has 0 saturated carbocycles. The van der Waals surface area contributed by atoms with Gasteiger partial charge >= 0.3 is 5.97 Å². The maximum atomic E-state index is 11.3. The average molecular weight is 249 g/mol. The maximum absolute atomic E-state index is 11.3. The summed E-state index contributed by atoms with van der Waals surface area (Å²) in [5, 5.41) is 8.18. The Labute approximate surface area is 104 Å². The Kier molecular flexibility index (Phi) is 3.31. The highest BCUT2D eigenvalue weighted by Crippen LogP contribution is 2.11. The van der Waals surface area contributed by atoms with Gasteiger partial charge in [0.1, 0.15) is 0 Å². The molecule has 2 N–H and O–H groups in total. The highest BCUT2D eigenvalue weighted by molar-refractivity contribution is 5.92. The molecule has 7 heteroatoms. The number of carbonyl (C=O) groups is 1. The van der Waals surface area contributed by atoms with Crippen LogP contribution in [0.15, 0.2) is 18.5 Å². The maximum Gasteiger partial charge on any atom is 0.360 e. The van der Waals surface area contributed by atoms with Gasteiger partial charge in [-0.25, -0.2) is 4.79 Å². The van der Waals surface area contributed by atoms with Crippen LogP contribution in [0, 0.1) is 0 Å². The minimum Gasteiger partial charge on any atom is -0.464 e. The summed E-state index contributed by atoms with van der Waals surface area (Å²) in [5.74, 6) is -0.521. The van der Waals surface area contributed by atoms with E-state index in [9.17, 15) is 4.79 Å². The Morgan fingerprint density at radius 2 is 2.33 bits per heavy atom. The van der Waals surface area contributed by atoms with E-state index in [0.717, 1.165) is 12.1 Å². The van der Waals surface area contributed by atoms with Gasteiger partial charge in [0.25, 0.3) is 0 Å². The van der Waals surface area contributed by atoms with Crippen LogP contribution in [0.4, 0.5) is 5.69 Å². The molecule has 0 aliphatic rings. The first-order valence-corrected chi connectivity index (χ1v) is 5.50. The first-order valence-electron chi connectivity index (χ1n) is 5.50. The van der Waals surface area contributed by atoms with Crippen LogP contribution in [-0.4, -0.2) is 32.6 Å². The number of rotatable bonds is 4. The van der Waals surface area contributed by atoms with Crippen molar-refractivity contribution in [2.24, 2.45) is 7.05 Å². The molecule has 0 bridgehead atoms. The van der Waals surface area contributed by atoms with Crippen LogP contribution >= 0.6 is 0 Å². The van der Waals surface area contributed by atoms with E-state index in [1.165, 1.54) is 7.11 Å². The van der Waals surface area contributed by atoms with Gasteiger partial charge in [0, 0.05) is 38.1 Å². The van der Waals surface area contributed by atoms with E-state index in [-0.39, 0.29) is 5.69 Å². The summed E-state index contributed by atoms with van der Waals surface area (Å²) >= 11 is 0. The minimum atomic E-state index is -0.521. The van der Waals surface area contributed by atoms with E-state index in [1.54, 1.807) is 21.8 Å². The van der Waals surface area contributed by atoms with Crippen LogP contribution in [0.3, 0.4) is 0 Å². The molecule has 0 spiro atoms. The molecule has 0 fully saturated rings. The number of aromatic nitrogens is 4. The van der Waals surface area contributed by atoms with Gasteiger partial charge in [-0.2, -0.15) is 10.2 Å². The van der Waals surface area contributed by atoms with Crippen LogP contribution in [-0.2, 0) is 24.8 Å². The number of hydrogen-bond donors (Lipinski definition) is 1. The third-order valence-electron chi connectivity index (χ3n) is 2.69. The summed E-state index contributed by atoms with van der Waals surface area (Å²) in [6.45, 7) is 0.626. The molecule has 0 unspecified atom stereocenters. The standard InChI is InChI=1S/C11H15N5O2/c1-15-8(3-5-13-15)4-6-16-7-9(12)10(14-16)11(17)18-2/h3,5,7H,4,6,12H2,1-2H3. The summed E-state index contributed by atoms with van der Waals surface area (Å²) in [4.78, 5) is 11.3. The molecule has 2 heterocycles. The summed E-state index contributed by atoms with van der Waals surface area (Å²) in [7, 11) is 3.18. The summed E-state index contributed by atoms with van der Waals surface area (Å²) in [6, 6.07) is 1.94. The number of esters is 1. The Morgan fingerprint density at radius 3 is 2.94 bits per heavy atom. The number of anilines is 1. The molecule has 0 aliphatic heterocycles. The van der Waals surface area contributed by atoms with Crippen molar-refractivity contribution in [1.29, 1.82) is 0 Å². The number of methoxy groups -OCH3 is 1. The third kappa shape index (κ3) is 2.34. The zero-order chi connectivity index (χ0) is 13.1. The van der Waals surface area contributed by atoms with Gasteiger partial charge in [0.05, 0.1) is 12.8 Å². The van der Waals surface area contributed by atoms with Crippen molar-refractivity contribution in [1.82, 2.24) is 19.6 Å². The fourth-order valence-corrected chi connectivity index (χ4v) is 1.68. The van der Waals surface area contributed by atoms with Gasteiger partial charge in [-0.05, 0) is 6.07 Å². The first-order chi connectivity index (χ1) is 8.61. The van der Waals surface area contributed by atoms with E-state index < -0.39 is 5.97 Å². The van der Waals surface area contributed by atoms with Crippen LogP contribution in [0.1, 0.15) is 16.2 Å². The topological polar surface area (TPSA) is 88.0 Å². The molecule has 2 aromatic rings. The smallest absolute Gasteiger partial charge is 0.360 e. The normalized spacial score (nSPS) is 10.6. The molecule has 7 nitrogen and oxygen atoms in total. The van der Waals surface area contributed by atoms with Gasteiger partial charge in [0.2, 0.25) is 0 Å². The Balaban J connectivity index is 2.07. The van der Waals surface area contributed by atoms with Crippen LogP contribution < -0.4 is 5.73 Å². The number of carbonyl (C=O) groups excluding carboxylic acids is 1. The lowest BCUT2D eigenvalue weighted by Crippen LogP contribution is -2.08. The monoisotopic (exact) mass is 249 g/mol. The Morgan fingerprint density at radius 1 is 1.56 bits per heavy atom. The van der Waals surface area contributed by atoms with Gasteiger partial charge in [-0.15, -0.1) is 0 Å². The quantitative estimate of drug-likeness (QED) is 0.783. The zero-order valence-corrected chi connectivity index (χ0v) is 10.3. The highest BCUT2D eigenvalue weighted by atomic mass is 16.5. The van der Waals surface area contributed by atoms with Gasteiger partial charge in [0.15, 0.2) is 5.69 Å². The van der Waals surface area contributed by atoms with E-state index >= 15 is 0 Å². The number of ether oxygens (including phenoxy) is 1. The molecule has 0 saturated heterocycles. The van der Waals surface area contributed by atoms with Gasteiger partial charge in [-0.3, -0.25) is 9.36 Å². The first kappa shape index (κ1) is 12.2. The lowest BCUT2D eigenvalue weighted by molar-refractivity contribution is 0.0594. The molecule has 0 amide bonds. The fraction of sp³-hybridized carbons (Fsp3) is 0.364. The third-order valence-corrected chi connectivity index (χ3v) is 2.69. The molecule has 18 heavy (non-hydrogen) atoms. The van der Waals surface area contributed by atoms with Crippen molar-refractivity contribution in [3.8, 4) is 0 Å². The Hall–Kier alpha value is -2.31. The Bertz CT molecular complexity index is 558. The predicted molar refractivity (Wildman–Crippen MR) is 64.9 cm³/mol. The number of nitrogen functional groups attached to an aromatic ring is 1. The van der Waals surface area contributed by atoms with Crippen molar-refractivity contribution in [3.63, 3.8) is 0 Å². The lowest BCUT2D eigenvalue weighted by Gasteiger charge is -2.02. The molecule has 0 aromatic carbocycles. The fourth-order valence-electron chi connectivity index (χ4n) is 1.68. The molecule has 2 rings (SSSR count). The van der Waals surface area contributed by atoms with Crippen molar-refractivity contribution >= 4 is 11.7 Å². The molecule has 0 atom stereocenters. The molecule has 2 aromatic heterocycles. The summed E-state index contributed by atoms with van der Waals surface area (Å²) < 4.78 is 8.02. The van der Waals surface area contributed by atoms with Crippen LogP contribution in [0.5, 0.6) is 0 Å². The van der Waals surface area contributed by atoms with Crippen molar-refractivity contribution in [3.05, 3.63) is 29.8 Å². The van der Waals surface area contributed by atoms with E-state index in [4.69, 9.17) is 5.73 Å². The number of nitrogens with two attached hydrogens (primary N) is 1. The summed E-state index contributed by atoms with van der Waals surface area (Å²) in [5.41, 5.74) is 7.26. The lowest BCUT2D eigenvalue weighted by atomic mass is 10.3. The predicted octanol–water partition coefficient (Wildman–Crippen LogP) is 0.228. The molecular formula is C11H15N5O2. The van der Waals surface area contributed by atoms with E-state index in [0.29, 0.717) is 12.2 Å². The molecule has 0 radical (unpaired) electrons. The van der Waals surface area contributed by atoms with Crippen LogP contribution in [0.25, 0.3) is 0 Å². The highest BCUT2D eigenvalue weighted by Gasteiger charge is 2.15. The van der Waals surface area contributed by atoms with Gasteiger partial charge in [-0.1, -0.05) is 0 Å². The van der Waals surface area contributed by atoms with Crippen molar-refractivity contribution < 1.29 is 9.53 Å². The average Bonchev–Trinajstić information content (AvgIpc) is 2.92. The second-order valence-electron chi connectivity index (χ2n) is 3.88. The van der Waals surface area contributed by atoms with Crippen molar-refractivity contribution in [2.75, 3.05) is 12.8 Å².